The Balaban J connectivity index is 2.49. The molecule has 0 radical (unpaired) electrons. The van der Waals surface area contributed by atoms with Gasteiger partial charge in [-0.05, 0) is 31.0 Å². The summed E-state index contributed by atoms with van der Waals surface area (Å²) in [5.74, 6) is 0. The molecule has 0 aliphatic carbocycles. The summed E-state index contributed by atoms with van der Waals surface area (Å²) in [6.07, 6.45) is 4.47. The molecule has 0 unspecified atom stereocenters. The van der Waals surface area contributed by atoms with E-state index in [0.717, 1.165) is 12.2 Å². The zero-order valence-electron chi connectivity index (χ0n) is 9.13. The van der Waals surface area contributed by atoms with E-state index in [-0.39, 0.29) is 0 Å². The predicted octanol–water partition coefficient (Wildman–Crippen LogP) is 3.80. The largest absolute Gasteiger partial charge is 0.332 e. The molecule has 0 fully saturated rings. The number of rotatable bonds is 3. The quantitative estimate of drug-likeness (QED) is 0.723. The lowest BCUT2D eigenvalue weighted by Gasteiger charge is -2.04. The Labute approximate surface area is 94.9 Å². The van der Waals surface area contributed by atoms with Crippen molar-refractivity contribution < 1.29 is 0 Å². The number of aromatic nitrogens is 2. The molecule has 0 bridgehead atoms. The Hall–Kier alpha value is -1.02. The molecule has 0 N–H and O–H groups in total. The van der Waals surface area contributed by atoms with E-state index in [1.807, 2.05) is 6.07 Å². The van der Waals surface area contributed by atoms with E-state index in [2.05, 4.69) is 35.7 Å². The van der Waals surface area contributed by atoms with Gasteiger partial charge in [0, 0.05) is 18.1 Å². The van der Waals surface area contributed by atoms with Gasteiger partial charge in [-0.3, -0.25) is 0 Å². The van der Waals surface area contributed by atoms with Crippen molar-refractivity contribution in [2.75, 3.05) is 0 Å². The van der Waals surface area contributed by atoms with Crippen LogP contribution in [0.15, 0.2) is 18.3 Å². The van der Waals surface area contributed by atoms with E-state index in [4.69, 9.17) is 11.6 Å². The first-order chi connectivity index (χ1) is 7.22. The fourth-order valence-corrected chi connectivity index (χ4v) is 2.04. The average Bonchev–Trinajstić information content (AvgIpc) is 2.58. The Morgan fingerprint density at radius 3 is 3.00 bits per heavy atom. The van der Waals surface area contributed by atoms with E-state index < -0.39 is 0 Å². The maximum atomic E-state index is 5.96. The van der Waals surface area contributed by atoms with Crippen molar-refractivity contribution in [3.05, 3.63) is 29.0 Å². The summed E-state index contributed by atoms with van der Waals surface area (Å²) in [6, 6.07) is 4.03. The predicted molar refractivity (Wildman–Crippen MR) is 64.4 cm³/mol. The number of unbranched alkanes of at least 4 members (excludes halogenated alkanes) is 1. The van der Waals surface area contributed by atoms with E-state index in [9.17, 15) is 0 Å². The lowest BCUT2D eigenvalue weighted by atomic mass is 10.2. The van der Waals surface area contributed by atoms with Gasteiger partial charge in [-0.1, -0.05) is 24.9 Å². The summed E-state index contributed by atoms with van der Waals surface area (Å²) < 4.78 is 2.18. The van der Waals surface area contributed by atoms with Crippen LogP contribution in [-0.2, 0) is 6.54 Å². The molecular formula is C12H15ClN2. The number of aryl methyl sites for hydroxylation is 2. The van der Waals surface area contributed by atoms with Gasteiger partial charge in [0.1, 0.15) is 10.8 Å². The fraction of sp³-hybridized carbons (Fsp3) is 0.417. The third kappa shape index (κ3) is 2.00. The third-order valence-corrected chi connectivity index (χ3v) is 2.85. The third-order valence-electron chi connectivity index (χ3n) is 2.66. The summed E-state index contributed by atoms with van der Waals surface area (Å²) >= 11 is 5.96. The van der Waals surface area contributed by atoms with Gasteiger partial charge >= 0.3 is 0 Å². The minimum atomic E-state index is 0.580. The van der Waals surface area contributed by atoms with E-state index in [0.29, 0.717) is 5.15 Å². The minimum Gasteiger partial charge on any atom is -0.332 e. The topological polar surface area (TPSA) is 17.8 Å². The molecule has 3 heteroatoms. The van der Waals surface area contributed by atoms with E-state index >= 15 is 0 Å². The molecule has 2 aromatic rings. The van der Waals surface area contributed by atoms with Gasteiger partial charge in [0.2, 0.25) is 0 Å². The molecular weight excluding hydrogens is 208 g/mol. The molecule has 0 aromatic carbocycles. The van der Waals surface area contributed by atoms with Crippen LogP contribution in [0.2, 0.25) is 5.15 Å². The molecule has 2 aromatic heterocycles. The van der Waals surface area contributed by atoms with Crippen molar-refractivity contribution in [2.24, 2.45) is 0 Å². The number of hydrogen-bond acceptors (Lipinski definition) is 1. The lowest BCUT2D eigenvalue weighted by molar-refractivity contribution is 0.646. The highest BCUT2D eigenvalue weighted by Gasteiger charge is 2.05. The van der Waals surface area contributed by atoms with Crippen molar-refractivity contribution in [1.82, 2.24) is 9.55 Å². The summed E-state index contributed by atoms with van der Waals surface area (Å²) in [4.78, 5) is 4.38. The van der Waals surface area contributed by atoms with Gasteiger partial charge in [-0.15, -0.1) is 0 Å². The van der Waals surface area contributed by atoms with Gasteiger partial charge in [0.25, 0.3) is 0 Å². The molecule has 0 saturated heterocycles. The standard InChI is InChI=1S/C12H15ClN2/c1-3-4-6-15-7-5-10-9(2)8-11(13)14-12(10)15/h5,7-8H,3-4,6H2,1-2H3. The van der Waals surface area contributed by atoms with Crippen molar-refractivity contribution in [2.45, 2.75) is 33.2 Å². The highest BCUT2D eigenvalue weighted by molar-refractivity contribution is 6.29. The van der Waals surface area contributed by atoms with Crippen LogP contribution >= 0.6 is 11.6 Å². The van der Waals surface area contributed by atoms with Crippen LogP contribution in [0.1, 0.15) is 25.3 Å². The molecule has 15 heavy (non-hydrogen) atoms. The van der Waals surface area contributed by atoms with Crippen LogP contribution in [0, 0.1) is 6.92 Å². The monoisotopic (exact) mass is 222 g/mol. The summed E-state index contributed by atoms with van der Waals surface area (Å²) in [6.45, 7) is 5.28. The van der Waals surface area contributed by atoms with Gasteiger partial charge in [-0.2, -0.15) is 0 Å². The number of hydrogen-bond donors (Lipinski definition) is 0. The second kappa shape index (κ2) is 4.23. The van der Waals surface area contributed by atoms with E-state index in [1.54, 1.807) is 0 Å². The minimum absolute atomic E-state index is 0.580. The zero-order chi connectivity index (χ0) is 10.8. The van der Waals surface area contributed by atoms with Crippen molar-refractivity contribution in [3.8, 4) is 0 Å². The second-order valence-electron chi connectivity index (χ2n) is 3.86. The SMILES string of the molecule is CCCCn1ccc2c(C)cc(Cl)nc21. The number of fused-ring (bicyclic) bond motifs is 1. The number of pyridine rings is 1. The number of nitrogens with zero attached hydrogens (tertiary/aromatic N) is 2. The first kappa shape index (κ1) is 10.5. The van der Waals surface area contributed by atoms with Crippen LogP contribution in [-0.4, -0.2) is 9.55 Å². The molecule has 2 rings (SSSR count). The highest BCUT2D eigenvalue weighted by atomic mass is 35.5. The first-order valence-electron chi connectivity index (χ1n) is 5.34. The Morgan fingerprint density at radius 1 is 1.47 bits per heavy atom. The maximum absolute atomic E-state index is 5.96. The normalized spacial score (nSPS) is 11.1. The molecule has 0 amide bonds. The first-order valence-corrected chi connectivity index (χ1v) is 5.72. The van der Waals surface area contributed by atoms with Crippen molar-refractivity contribution in [3.63, 3.8) is 0 Å². The zero-order valence-corrected chi connectivity index (χ0v) is 9.88. The second-order valence-corrected chi connectivity index (χ2v) is 4.25. The molecule has 80 valence electrons. The molecule has 0 aliphatic rings. The summed E-state index contributed by atoms with van der Waals surface area (Å²) in [5.41, 5.74) is 2.20. The van der Waals surface area contributed by atoms with Gasteiger partial charge in [0.15, 0.2) is 0 Å². The molecule has 0 atom stereocenters. The van der Waals surface area contributed by atoms with Gasteiger partial charge < -0.3 is 4.57 Å². The highest BCUT2D eigenvalue weighted by Crippen LogP contribution is 2.21. The smallest absolute Gasteiger partial charge is 0.141 e. The summed E-state index contributed by atoms with van der Waals surface area (Å²) in [7, 11) is 0. The molecule has 2 heterocycles. The van der Waals surface area contributed by atoms with Gasteiger partial charge in [0.05, 0.1) is 0 Å². The fourth-order valence-electron chi connectivity index (χ4n) is 1.80. The van der Waals surface area contributed by atoms with Crippen LogP contribution in [0.25, 0.3) is 11.0 Å². The molecule has 0 spiro atoms. The Morgan fingerprint density at radius 2 is 2.27 bits per heavy atom. The summed E-state index contributed by atoms with van der Waals surface area (Å²) in [5, 5.41) is 1.78. The Bertz CT molecular complexity index is 474. The van der Waals surface area contributed by atoms with Crippen LogP contribution < -0.4 is 0 Å². The van der Waals surface area contributed by atoms with Crippen LogP contribution in [0.5, 0.6) is 0 Å². The van der Waals surface area contributed by atoms with Crippen molar-refractivity contribution in [1.29, 1.82) is 0 Å². The maximum Gasteiger partial charge on any atom is 0.141 e. The Kier molecular flexibility index (Phi) is 2.96. The number of halogens is 1. The molecule has 2 nitrogen and oxygen atoms in total. The lowest BCUT2D eigenvalue weighted by Crippen LogP contribution is -1.97. The van der Waals surface area contributed by atoms with E-state index in [1.165, 1.54) is 23.8 Å². The van der Waals surface area contributed by atoms with Crippen molar-refractivity contribution >= 4 is 22.6 Å². The van der Waals surface area contributed by atoms with Crippen LogP contribution in [0.3, 0.4) is 0 Å². The van der Waals surface area contributed by atoms with Crippen LogP contribution in [0.4, 0.5) is 0 Å². The molecule has 0 saturated carbocycles. The molecule has 0 aliphatic heterocycles. The van der Waals surface area contributed by atoms with Gasteiger partial charge in [-0.25, -0.2) is 4.98 Å². The average molecular weight is 223 g/mol.